The summed E-state index contributed by atoms with van der Waals surface area (Å²) in [4.78, 5) is 27.7. The molecule has 5 aliphatic rings. The Morgan fingerprint density at radius 2 is 1.77 bits per heavy atom. The van der Waals surface area contributed by atoms with E-state index in [1.807, 2.05) is 4.90 Å². The number of carboxylic acids is 1. The Morgan fingerprint density at radius 3 is 2.40 bits per heavy atom. The number of piperidine rings is 1. The molecular formula is C26H35NO3. The minimum Gasteiger partial charge on any atom is -0.481 e. The molecule has 0 spiro atoms. The lowest BCUT2D eigenvalue weighted by molar-refractivity contribution is -0.166. The van der Waals surface area contributed by atoms with E-state index < -0.39 is 5.97 Å². The fourth-order valence-corrected chi connectivity index (χ4v) is 8.05. The van der Waals surface area contributed by atoms with Gasteiger partial charge in [0.15, 0.2) is 0 Å². The molecular weight excluding hydrogens is 374 g/mol. The Bertz CT molecular complexity index is 830. The van der Waals surface area contributed by atoms with Crippen molar-refractivity contribution in [1.82, 2.24) is 4.90 Å². The highest BCUT2D eigenvalue weighted by Gasteiger charge is 2.62. The maximum Gasteiger partial charge on any atom is 0.305 e. The molecule has 4 bridgehead atoms. The minimum absolute atomic E-state index is 0.0823. The van der Waals surface area contributed by atoms with Crippen LogP contribution in [0.4, 0.5) is 0 Å². The van der Waals surface area contributed by atoms with Crippen molar-refractivity contribution in [3.05, 3.63) is 35.4 Å². The average molecular weight is 410 g/mol. The minimum atomic E-state index is -0.784. The van der Waals surface area contributed by atoms with Gasteiger partial charge in [0.2, 0.25) is 5.91 Å². The summed E-state index contributed by atoms with van der Waals surface area (Å²) in [5, 5.41) is 9.49. The van der Waals surface area contributed by atoms with Crippen molar-refractivity contribution < 1.29 is 14.7 Å². The number of hydrogen-bond acceptors (Lipinski definition) is 2. The van der Waals surface area contributed by atoms with Crippen molar-refractivity contribution in [1.29, 1.82) is 0 Å². The quantitative estimate of drug-likeness (QED) is 0.767. The zero-order chi connectivity index (χ0) is 21.1. The van der Waals surface area contributed by atoms with E-state index in [0.29, 0.717) is 11.8 Å². The number of aryl methyl sites for hydroxylation is 1. The molecule has 1 amide bonds. The molecule has 1 aromatic rings. The fourth-order valence-electron chi connectivity index (χ4n) is 8.05. The molecule has 162 valence electrons. The molecule has 1 heterocycles. The third-order valence-corrected chi connectivity index (χ3v) is 8.94. The number of likely N-dealkylation sites (tertiary alicyclic amines) is 1. The van der Waals surface area contributed by atoms with Crippen LogP contribution in [0.15, 0.2) is 24.3 Å². The molecule has 6 rings (SSSR count). The molecule has 4 unspecified atom stereocenters. The summed E-state index contributed by atoms with van der Waals surface area (Å²) in [6, 6.07) is 8.90. The van der Waals surface area contributed by atoms with Gasteiger partial charge in [-0.05, 0) is 87.0 Å². The van der Waals surface area contributed by atoms with Gasteiger partial charge in [0.05, 0.1) is 11.8 Å². The van der Waals surface area contributed by atoms with Crippen LogP contribution in [0.25, 0.3) is 0 Å². The van der Waals surface area contributed by atoms with Crippen LogP contribution in [0.1, 0.15) is 75.8 Å². The van der Waals surface area contributed by atoms with Crippen molar-refractivity contribution in [3.63, 3.8) is 0 Å². The Balaban J connectivity index is 1.48. The van der Waals surface area contributed by atoms with Crippen LogP contribution in [-0.2, 0) is 15.0 Å². The van der Waals surface area contributed by atoms with E-state index in [0.717, 1.165) is 38.6 Å². The van der Waals surface area contributed by atoms with Crippen LogP contribution in [0.5, 0.6) is 0 Å². The second kappa shape index (κ2) is 7.10. The van der Waals surface area contributed by atoms with E-state index in [1.165, 1.54) is 30.4 Å². The number of nitrogens with zero attached hydrogens (tertiary/aromatic N) is 1. The highest BCUT2D eigenvalue weighted by molar-refractivity contribution is 5.84. The van der Waals surface area contributed by atoms with E-state index in [2.05, 4.69) is 38.1 Å². The van der Waals surface area contributed by atoms with E-state index in [-0.39, 0.29) is 35.1 Å². The number of rotatable bonds is 4. The molecule has 1 N–H and O–H groups in total. The summed E-state index contributed by atoms with van der Waals surface area (Å²) in [5.74, 6) is 1.03. The van der Waals surface area contributed by atoms with Crippen LogP contribution >= 0.6 is 0 Å². The molecule has 5 fully saturated rings. The molecule has 0 aromatic heterocycles. The number of hydrogen-bond donors (Lipinski definition) is 1. The van der Waals surface area contributed by atoms with Gasteiger partial charge < -0.3 is 10.0 Å². The predicted octanol–water partition coefficient (Wildman–Crippen LogP) is 4.93. The first-order valence-corrected chi connectivity index (χ1v) is 11.9. The Hall–Kier alpha value is -1.84. The van der Waals surface area contributed by atoms with Crippen molar-refractivity contribution in [2.24, 2.45) is 23.2 Å². The molecule has 1 saturated heterocycles. The SMILES string of the molecule is Cc1ccc(C23CC4CC(CC(C(=O)N5CCCC(C)C5CC(=O)O)(C4)C2)C3)cc1. The van der Waals surface area contributed by atoms with Gasteiger partial charge >= 0.3 is 5.97 Å². The number of carbonyl (C=O) groups excluding carboxylic acids is 1. The lowest BCUT2D eigenvalue weighted by Crippen LogP contribution is -2.62. The second-order valence-corrected chi connectivity index (χ2v) is 11.2. The van der Waals surface area contributed by atoms with Crippen molar-refractivity contribution in [3.8, 4) is 0 Å². The van der Waals surface area contributed by atoms with Gasteiger partial charge in [-0.25, -0.2) is 0 Å². The van der Waals surface area contributed by atoms with E-state index in [1.54, 1.807) is 0 Å². The first-order valence-electron chi connectivity index (χ1n) is 11.9. The average Bonchev–Trinajstić information content (AvgIpc) is 2.68. The van der Waals surface area contributed by atoms with E-state index in [9.17, 15) is 14.7 Å². The van der Waals surface area contributed by atoms with E-state index >= 15 is 0 Å². The molecule has 4 atom stereocenters. The van der Waals surface area contributed by atoms with Gasteiger partial charge in [0, 0.05) is 12.6 Å². The summed E-state index contributed by atoms with van der Waals surface area (Å²) < 4.78 is 0. The van der Waals surface area contributed by atoms with Crippen LogP contribution in [0.3, 0.4) is 0 Å². The van der Waals surface area contributed by atoms with Crippen LogP contribution in [0.2, 0.25) is 0 Å². The predicted molar refractivity (Wildman–Crippen MR) is 116 cm³/mol. The largest absolute Gasteiger partial charge is 0.481 e. The number of benzene rings is 1. The Labute approximate surface area is 180 Å². The maximum atomic E-state index is 14.1. The molecule has 4 aliphatic carbocycles. The summed E-state index contributed by atoms with van der Waals surface area (Å²) in [5.41, 5.74) is 2.57. The lowest BCUT2D eigenvalue weighted by Gasteiger charge is -2.62. The van der Waals surface area contributed by atoms with Gasteiger partial charge in [-0.1, -0.05) is 36.8 Å². The fraction of sp³-hybridized carbons (Fsp3) is 0.692. The molecule has 4 saturated carbocycles. The van der Waals surface area contributed by atoms with Gasteiger partial charge in [0.1, 0.15) is 0 Å². The first kappa shape index (κ1) is 20.1. The number of carbonyl (C=O) groups is 2. The van der Waals surface area contributed by atoms with E-state index in [4.69, 9.17) is 0 Å². The molecule has 0 radical (unpaired) electrons. The molecule has 4 nitrogen and oxygen atoms in total. The second-order valence-electron chi connectivity index (χ2n) is 11.2. The monoisotopic (exact) mass is 409 g/mol. The van der Waals surface area contributed by atoms with Gasteiger partial charge in [-0.2, -0.15) is 0 Å². The Morgan fingerprint density at radius 1 is 1.10 bits per heavy atom. The van der Waals surface area contributed by atoms with Crippen LogP contribution in [0, 0.1) is 30.1 Å². The maximum absolute atomic E-state index is 14.1. The normalized spacial score (nSPS) is 39.9. The zero-order valence-electron chi connectivity index (χ0n) is 18.4. The highest BCUT2D eigenvalue weighted by atomic mass is 16.4. The standard InChI is InChI=1S/C26H35NO3/c1-17-5-7-21(8-6-17)25-12-19-10-20(13-25)15-26(14-19,16-25)24(30)27-9-3-4-18(2)22(27)11-23(28)29/h5-8,18-20,22H,3-4,9-16H2,1-2H3,(H,28,29). The first-order chi connectivity index (χ1) is 14.3. The topological polar surface area (TPSA) is 57.6 Å². The molecule has 30 heavy (non-hydrogen) atoms. The van der Waals surface area contributed by atoms with Gasteiger partial charge in [0.25, 0.3) is 0 Å². The third kappa shape index (κ3) is 3.18. The summed E-state index contributed by atoms with van der Waals surface area (Å²) in [7, 11) is 0. The lowest BCUT2D eigenvalue weighted by atomic mass is 9.42. The zero-order valence-corrected chi connectivity index (χ0v) is 18.4. The van der Waals surface area contributed by atoms with Crippen molar-refractivity contribution in [2.75, 3.05) is 6.54 Å². The van der Waals surface area contributed by atoms with Crippen LogP contribution < -0.4 is 0 Å². The van der Waals surface area contributed by atoms with Gasteiger partial charge in [-0.15, -0.1) is 0 Å². The highest BCUT2D eigenvalue weighted by Crippen LogP contribution is 2.66. The number of aliphatic carboxylic acids is 1. The summed E-state index contributed by atoms with van der Waals surface area (Å²) in [6.45, 7) is 4.99. The summed E-state index contributed by atoms with van der Waals surface area (Å²) in [6.07, 6.45) is 8.80. The molecule has 1 aliphatic heterocycles. The smallest absolute Gasteiger partial charge is 0.305 e. The van der Waals surface area contributed by atoms with Crippen molar-refractivity contribution in [2.45, 2.75) is 83.1 Å². The van der Waals surface area contributed by atoms with Crippen LogP contribution in [-0.4, -0.2) is 34.5 Å². The van der Waals surface area contributed by atoms with Gasteiger partial charge in [-0.3, -0.25) is 9.59 Å². The number of amides is 1. The Kier molecular flexibility index (Phi) is 4.75. The molecule has 1 aromatic carbocycles. The molecule has 4 heteroatoms. The summed E-state index contributed by atoms with van der Waals surface area (Å²) >= 11 is 0. The third-order valence-electron chi connectivity index (χ3n) is 8.94. The van der Waals surface area contributed by atoms with Crippen molar-refractivity contribution >= 4 is 11.9 Å². The number of carboxylic acid groups (broad SMARTS) is 1.